The third kappa shape index (κ3) is 3.97. The molecule has 0 aliphatic rings. The SMILES string of the molecule is Cc1nnc(SCCSc2ccccc2F)n1CCN. The van der Waals surface area contributed by atoms with E-state index in [0.717, 1.165) is 29.0 Å². The number of rotatable bonds is 7. The number of nitrogens with zero attached hydrogens (tertiary/aromatic N) is 3. The van der Waals surface area contributed by atoms with Crippen LogP contribution in [-0.4, -0.2) is 32.8 Å². The maximum absolute atomic E-state index is 13.4. The summed E-state index contributed by atoms with van der Waals surface area (Å²) in [4.78, 5) is 0.688. The second-order valence-electron chi connectivity index (χ2n) is 4.10. The van der Waals surface area contributed by atoms with Crippen molar-refractivity contribution in [2.75, 3.05) is 18.1 Å². The van der Waals surface area contributed by atoms with E-state index in [2.05, 4.69) is 10.2 Å². The first-order valence-corrected chi connectivity index (χ1v) is 8.29. The summed E-state index contributed by atoms with van der Waals surface area (Å²) in [5.74, 6) is 2.38. The summed E-state index contributed by atoms with van der Waals surface area (Å²) in [7, 11) is 0. The van der Waals surface area contributed by atoms with E-state index in [9.17, 15) is 4.39 Å². The Balaban J connectivity index is 1.83. The average Bonchev–Trinajstić information content (AvgIpc) is 2.79. The Hall–Kier alpha value is -1.05. The molecule has 0 spiro atoms. The molecule has 0 atom stereocenters. The Bertz CT molecular complexity index is 559. The van der Waals surface area contributed by atoms with Crippen molar-refractivity contribution in [1.29, 1.82) is 0 Å². The zero-order valence-electron chi connectivity index (χ0n) is 11.3. The van der Waals surface area contributed by atoms with Crippen LogP contribution in [0, 0.1) is 12.7 Å². The number of benzene rings is 1. The zero-order chi connectivity index (χ0) is 14.4. The van der Waals surface area contributed by atoms with Gasteiger partial charge in [0.2, 0.25) is 0 Å². The molecular formula is C13H17FN4S2. The Morgan fingerprint density at radius 3 is 2.70 bits per heavy atom. The minimum atomic E-state index is -0.162. The molecule has 0 saturated carbocycles. The minimum Gasteiger partial charge on any atom is -0.329 e. The number of aromatic nitrogens is 3. The molecule has 20 heavy (non-hydrogen) atoms. The summed E-state index contributed by atoms with van der Waals surface area (Å²) < 4.78 is 15.5. The monoisotopic (exact) mass is 312 g/mol. The van der Waals surface area contributed by atoms with Crippen LogP contribution < -0.4 is 5.73 Å². The summed E-state index contributed by atoms with van der Waals surface area (Å²) in [6.07, 6.45) is 0. The topological polar surface area (TPSA) is 56.7 Å². The quantitative estimate of drug-likeness (QED) is 0.629. The molecule has 108 valence electrons. The number of aryl methyl sites for hydroxylation is 1. The molecule has 1 aromatic heterocycles. The van der Waals surface area contributed by atoms with Crippen molar-refractivity contribution in [3.63, 3.8) is 0 Å². The molecule has 2 rings (SSSR count). The van der Waals surface area contributed by atoms with Crippen LogP contribution in [0.5, 0.6) is 0 Å². The van der Waals surface area contributed by atoms with Crippen LogP contribution >= 0.6 is 23.5 Å². The Kier molecular flexibility index (Phi) is 5.87. The lowest BCUT2D eigenvalue weighted by Crippen LogP contribution is -2.12. The van der Waals surface area contributed by atoms with E-state index in [1.54, 1.807) is 23.9 Å². The van der Waals surface area contributed by atoms with Crippen LogP contribution in [-0.2, 0) is 6.54 Å². The second kappa shape index (κ2) is 7.66. The molecule has 0 saturated heterocycles. The van der Waals surface area contributed by atoms with Gasteiger partial charge in [0.05, 0.1) is 0 Å². The smallest absolute Gasteiger partial charge is 0.191 e. The Morgan fingerprint density at radius 2 is 1.95 bits per heavy atom. The van der Waals surface area contributed by atoms with Crippen molar-refractivity contribution in [2.24, 2.45) is 5.73 Å². The first kappa shape index (κ1) is 15.3. The van der Waals surface area contributed by atoms with Gasteiger partial charge in [0.25, 0.3) is 0 Å². The summed E-state index contributed by atoms with van der Waals surface area (Å²) in [5, 5.41) is 9.07. The van der Waals surface area contributed by atoms with Gasteiger partial charge in [0.1, 0.15) is 11.6 Å². The van der Waals surface area contributed by atoms with Gasteiger partial charge in [0, 0.05) is 29.5 Å². The molecule has 0 bridgehead atoms. The van der Waals surface area contributed by atoms with Gasteiger partial charge in [-0.05, 0) is 19.1 Å². The van der Waals surface area contributed by atoms with E-state index in [0.29, 0.717) is 11.4 Å². The predicted molar refractivity (Wildman–Crippen MR) is 81.7 cm³/mol. The Labute approximate surface area is 126 Å². The summed E-state index contributed by atoms with van der Waals surface area (Å²) in [6.45, 7) is 3.21. The molecule has 4 nitrogen and oxygen atoms in total. The van der Waals surface area contributed by atoms with Crippen molar-refractivity contribution in [3.8, 4) is 0 Å². The highest BCUT2D eigenvalue weighted by atomic mass is 32.2. The third-order valence-electron chi connectivity index (χ3n) is 2.66. The van der Waals surface area contributed by atoms with Gasteiger partial charge < -0.3 is 10.3 Å². The molecular weight excluding hydrogens is 295 g/mol. The number of halogens is 1. The lowest BCUT2D eigenvalue weighted by molar-refractivity contribution is 0.602. The van der Waals surface area contributed by atoms with E-state index in [1.165, 1.54) is 17.8 Å². The van der Waals surface area contributed by atoms with Gasteiger partial charge in [0.15, 0.2) is 5.16 Å². The predicted octanol–water partition coefficient (Wildman–Crippen LogP) is 2.57. The summed E-state index contributed by atoms with van der Waals surface area (Å²) in [5.41, 5.74) is 5.57. The third-order valence-corrected chi connectivity index (χ3v) is 4.94. The van der Waals surface area contributed by atoms with Crippen molar-refractivity contribution in [2.45, 2.75) is 23.5 Å². The van der Waals surface area contributed by atoms with Crippen LogP contribution in [0.15, 0.2) is 34.3 Å². The number of thioether (sulfide) groups is 2. The van der Waals surface area contributed by atoms with E-state index >= 15 is 0 Å². The van der Waals surface area contributed by atoms with E-state index in [-0.39, 0.29) is 5.82 Å². The fraction of sp³-hybridized carbons (Fsp3) is 0.385. The maximum Gasteiger partial charge on any atom is 0.191 e. The van der Waals surface area contributed by atoms with Gasteiger partial charge in [-0.15, -0.1) is 22.0 Å². The second-order valence-corrected chi connectivity index (χ2v) is 6.30. The molecule has 2 aromatic rings. The standard InChI is InChI=1S/C13H17FN4S2/c1-10-16-17-13(18(10)7-6-15)20-9-8-19-12-5-3-2-4-11(12)14/h2-5H,6-9,15H2,1H3. The van der Waals surface area contributed by atoms with Gasteiger partial charge in [-0.3, -0.25) is 0 Å². The number of nitrogens with two attached hydrogens (primary N) is 1. The summed E-state index contributed by atoms with van der Waals surface area (Å²) >= 11 is 3.14. The van der Waals surface area contributed by atoms with Crippen LogP contribution in [0.1, 0.15) is 5.82 Å². The lowest BCUT2D eigenvalue weighted by atomic mass is 10.3. The van der Waals surface area contributed by atoms with Crippen LogP contribution in [0.2, 0.25) is 0 Å². The van der Waals surface area contributed by atoms with Crippen LogP contribution in [0.25, 0.3) is 0 Å². The molecule has 0 radical (unpaired) electrons. The van der Waals surface area contributed by atoms with Crippen LogP contribution in [0.4, 0.5) is 4.39 Å². The van der Waals surface area contributed by atoms with Crippen molar-refractivity contribution < 1.29 is 4.39 Å². The largest absolute Gasteiger partial charge is 0.329 e. The lowest BCUT2D eigenvalue weighted by Gasteiger charge is -2.06. The van der Waals surface area contributed by atoms with E-state index in [1.807, 2.05) is 17.6 Å². The maximum atomic E-state index is 13.4. The van der Waals surface area contributed by atoms with Crippen molar-refractivity contribution in [3.05, 3.63) is 35.9 Å². The molecule has 0 fully saturated rings. The molecule has 2 N–H and O–H groups in total. The van der Waals surface area contributed by atoms with Crippen molar-refractivity contribution >= 4 is 23.5 Å². The molecule has 0 unspecified atom stereocenters. The zero-order valence-corrected chi connectivity index (χ0v) is 12.9. The molecule has 7 heteroatoms. The van der Waals surface area contributed by atoms with Gasteiger partial charge in [-0.2, -0.15) is 0 Å². The number of hydrogen-bond donors (Lipinski definition) is 1. The molecule has 1 aromatic carbocycles. The van der Waals surface area contributed by atoms with Crippen molar-refractivity contribution in [1.82, 2.24) is 14.8 Å². The molecule has 1 heterocycles. The fourth-order valence-electron chi connectivity index (χ4n) is 1.70. The molecule has 0 aliphatic carbocycles. The first-order valence-electron chi connectivity index (χ1n) is 6.32. The average molecular weight is 312 g/mol. The fourth-order valence-corrected chi connectivity index (χ4v) is 3.63. The van der Waals surface area contributed by atoms with Crippen LogP contribution in [0.3, 0.4) is 0 Å². The normalized spacial score (nSPS) is 10.9. The highest BCUT2D eigenvalue weighted by Crippen LogP contribution is 2.24. The molecule has 0 amide bonds. The number of hydrogen-bond acceptors (Lipinski definition) is 5. The minimum absolute atomic E-state index is 0.162. The first-order chi connectivity index (χ1) is 9.72. The van der Waals surface area contributed by atoms with E-state index in [4.69, 9.17) is 5.73 Å². The Morgan fingerprint density at radius 1 is 1.20 bits per heavy atom. The highest BCUT2D eigenvalue weighted by molar-refractivity contribution is 8.02. The van der Waals surface area contributed by atoms with Gasteiger partial charge >= 0.3 is 0 Å². The summed E-state index contributed by atoms with van der Waals surface area (Å²) in [6, 6.07) is 6.83. The van der Waals surface area contributed by atoms with Gasteiger partial charge in [-0.25, -0.2) is 4.39 Å². The molecule has 0 aliphatic heterocycles. The highest BCUT2D eigenvalue weighted by Gasteiger charge is 2.08. The van der Waals surface area contributed by atoms with E-state index < -0.39 is 0 Å². The van der Waals surface area contributed by atoms with Gasteiger partial charge in [-0.1, -0.05) is 23.9 Å².